The molecule has 1 fully saturated rings. The van der Waals surface area contributed by atoms with E-state index in [1.807, 2.05) is 13.0 Å². The fourth-order valence-corrected chi connectivity index (χ4v) is 2.05. The minimum atomic E-state index is 0.883. The van der Waals surface area contributed by atoms with Crippen LogP contribution in [0.2, 0.25) is 6.82 Å². The van der Waals surface area contributed by atoms with Gasteiger partial charge >= 0.3 is 0 Å². The van der Waals surface area contributed by atoms with Crippen LogP contribution in [0.15, 0.2) is 30.5 Å². The molecule has 85 valence electrons. The van der Waals surface area contributed by atoms with Crippen LogP contribution in [0.1, 0.15) is 12.8 Å². The van der Waals surface area contributed by atoms with E-state index >= 15 is 0 Å². The summed E-state index contributed by atoms with van der Waals surface area (Å²) in [5.41, 5.74) is 3.42. The van der Waals surface area contributed by atoms with Crippen LogP contribution >= 0.6 is 0 Å². The minimum Gasteiger partial charge on any atom is -0.383 e. The van der Waals surface area contributed by atoms with E-state index in [4.69, 9.17) is 0 Å². The summed E-state index contributed by atoms with van der Waals surface area (Å²) >= 11 is 0. The highest BCUT2D eigenvalue weighted by Gasteiger charge is 2.20. The van der Waals surface area contributed by atoms with Crippen LogP contribution in [-0.2, 0) is 0 Å². The van der Waals surface area contributed by atoms with Gasteiger partial charge in [0.2, 0.25) is 0 Å². The van der Waals surface area contributed by atoms with E-state index < -0.39 is 0 Å². The van der Waals surface area contributed by atoms with E-state index in [1.54, 1.807) is 0 Å². The van der Waals surface area contributed by atoms with Crippen LogP contribution in [0, 0.1) is 5.92 Å². The molecule has 0 aliphatic heterocycles. The molecule has 1 radical (unpaired) electrons. The summed E-state index contributed by atoms with van der Waals surface area (Å²) in [5.74, 6) is 0.883. The lowest BCUT2D eigenvalue weighted by Crippen LogP contribution is -2.11. The van der Waals surface area contributed by atoms with Gasteiger partial charge in [0, 0.05) is 18.1 Å². The maximum Gasteiger partial charge on any atom is 0.150 e. The van der Waals surface area contributed by atoms with Gasteiger partial charge < -0.3 is 5.32 Å². The normalized spacial score (nSPS) is 14.9. The van der Waals surface area contributed by atoms with E-state index in [-0.39, 0.29) is 0 Å². The largest absolute Gasteiger partial charge is 0.383 e. The van der Waals surface area contributed by atoms with E-state index in [0.717, 1.165) is 23.7 Å². The van der Waals surface area contributed by atoms with Gasteiger partial charge in [0.1, 0.15) is 7.28 Å². The smallest absolute Gasteiger partial charge is 0.150 e. The highest BCUT2D eigenvalue weighted by molar-refractivity contribution is 6.52. The molecule has 0 amide bonds. The van der Waals surface area contributed by atoms with Gasteiger partial charge in [-0.05, 0) is 24.8 Å². The Kier molecular flexibility index (Phi) is 2.75. The van der Waals surface area contributed by atoms with Crippen molar-refractivity contribution < 1.29 is 0 Å². The van der Waals surface area contributed by atoms with Crippen molar-refractivity contribution >= 4 is 29.3 Å². The third kappa shape index (κ3) is 2.28. The van der Waals surface area contributed by atoms with Gasteiger partial charge in [-0.2, -0.15) is 0 Å². The van der Waals surface area contributed by atoms with Crippen molar-refractivity contribution in [1.82, 2.24) is 4.98 Å². The molecule has 3 heteroatoms. The van der Waals surface area contributed by atoms with Crippen LogP contribution in [0.25, 0.3) is 10.9 Å². The van der Waals surface area contributed by atoms with Crippen molar-refractivity contribution in [2.24, 2.45) is 5.92 Å². The number of anilines is 1. The van der Waals surface area contributed by atoms with Gasteiger partial charge in [-0.1, -0.05) is 30.5 Å². The fraction of sp³-hybridized carbons (Fsp3) is 0.357. The molecule has 2 nitrogen and oxygen atoms in total. The van der Waals surface area contributed by atoms with Crippen LogP contribution < -0.4 is 10.8 Å². The fourth-order valence-electron chi connectivity index (χ4n) is 2.05. The number of para-hydroxylation sites is 1. The monoisotopic (exact) mass is 223 g/mol. The zero-order valence-electron chi connectivity index (χ0n) is 10.1. The van der Waals surface area contributed by atoms with E-state index in [2.05, 4.69) is 41.8 Å². The number of pyridine rings is 1. The quantitative estimate of drug-likeness (QED) is 0.805. The number of nitrogens with one attached hydrogen (secondary N) is 1. The summed E-state index contributed by atoms with van der Waals surface area (Å²) in [6, 6.07) is 8.52. The van der Waals surface area contributed by atoms with Crippen molar-refractivity contribution in [2.75, 3.05) is 11.9 Å². The second-order valence-corrected chi connectivity index (χ2v) is 4.76. The van der Waals surface area contributed by atoms with E-state index in [9.17, 15) is 0 Å². The van der Waals surface area contributed by atoms with Gasteiger partial charge in [0.25, 0.3) is 0 Å². The van der Waals surface area contributed by atoms with E-state index in [1.165, 1.54) is 23.7 Å². The Balaban J connectivity index is 1.93. The average molecular weight is 223 g/mol. The summed E-state index contributed by atoms with van der Waals surface area (Å²) in [6.45, 7) is 3.13. The van der Waals surface area contributed by atoms with Crippen LogP contribution in [-0.4, -0.2) is 18.8 Å². The van der Waals surface area contributed by atoms with Crippen molar-refractivity contribution in [3.63, 3.8) is 0 Å². The van der Waals surface area contributed by atoms with Gasteiger partial charge in [-0.3, -0.25) is 4.98 Å². The molecule has 0 saturated heterocycles. The number of hydrogen-bond donors (Lipinski definition) is 1. The Hall–Kier alpha value is -1.51. The van der Waals surface area contributed by atoms with Gasteiger partial charge in [-0.25, -0.2) is 0 Å². The SMILES string of the molecule is C[B]c1cnc2c(NCC3CC3)cccc2c1. The number of rotatable bonds is 4. The van der Waals surface area contributed by atoms with Crippen LogP contribution in [0.4, 0.5) is 5.69 Å². The molecular formula is C14H16BN2. The first-order valence-electron chi connectivity index (χ1n) is 6.29. The van der Waals surface area contributed by atoms with Gasteiger partial charge in [0.15, 0.2) is 0 Å². The molecule has 2 aromatic rings. The number of hydrogen-bond acceptors (Lipinski definition) is 2. The van der Waals surface area contributed by atoms with Crippen molar-refractivity contribution in [1.29, 1.82) is 0 Å². The Labute approximate surface area is 103 Å². The molecule has 1 heterocycles. The Morgan fingerprint density at radius 1 is 1.41 bits per heavy atom. The third-order valence-electron chi connectivity index (χ3n) is 3.34. The molecule has 0 spiro atoms. The van der Waals surface area contributed by atoms with Gasteiger partial charge in [-0.15, -0.1) is 0 Å². The Morgan fingerprint density at radius 2 is 2.29 bits per heavy atom. The second kappa shape index (κ2) is 4.40. The molecule has 1 saturated carbocycles. The summed E-state index contributed by atoms with van der Waals surface area (Å²) in [4.78, 5) is 4.56. The highest BCUT2D eigenvalue weighted by Crippen LogP contribution is 2.30. The third-order valence-corrected chi connectivity index (χ3v) is 3.34. The first-order chi connectivity index (χ1) is 8.36. The molecular weight excluding hydrogens is 207 g/mol. The summed E-state index contributed by atoms with van der Waals surface area (Å²) in [5, 5.41) is 4.72. The number of nitrogens with zero attached hydrogens (tertiary/aromatic N) is 1. The highest BCUT2D eigenvalue weighted by atomic mass is 14.9. The molecule has 1 aromatic heterocycles. The first-order valence-corrected chi connectivity index (χ1v) is 6.29. The second-order valence-electron chi connectivity index (χ2n) is 4.76. The molecule has 3 rings (SSSR count). The predicted molar refractivity (Wildman–Crippen MR) is 74.2 cm³/mol. The summed E-state index contributed by atoms with van der Waals surface area (Å²) < 4.78 is 0. The molecule has 17 heavy (non-hydrogen) atoms. The lowest BCUT2D eigenvalue weighted by atomic mass is 9.74. The molecule has 1 aliphatic rings. The van der Waals surface area contributed by atoms with Crippen molar-refractivity contribution in [3.05, 3.63) is 30.5 Å². The lowest BCUT2D eigenvalue weighted by molar-refractivity contribution is 0.890. The number of benzene rings is 1. The first kappa shape index (κ1) is 10.6. The maximum absolute atomic E-state index is 4.56. The van der Waals surface area contributed by atoms with Crippen molar-refractivity contribution in [3.8, 4) is 0 Å². The zero-order valence-corrected chi connectivity index (χ0v) is 10.1. The van der Waals surface area contributed by atoms with Crippen LogP contribution in [0.3, 0.4) is 0 Å². The number of aromatic nitrogens is 1. The predicted octanol–water partition coefficient (Wildman–Crippen LogP) is 2.43. The summed E-state index contributed by atoms with van der Waals surface area (Å²) in [6.07, 6.45) is 4.69. The molecule has 1 aromatic carbocycles. The standard InChI is InChI=1S/C14H16BN2/c1-15-12-7-11-3-2-4-13(14(11)17-9-12)16-8-10-5-6-10/h2-4,7,9-10,16H,5-6,8H2,1H3. The minimum absolute atomic E-state index is 0.883. The Bertz CT molecular complexity index is 535. The molecule has 1 N–H and O–H groups in total. The molecule has 0 atom stereocenters. The topological polar surface area (TPSA) is 24.9 Å². The van der Waals surface area contributed by atoms with E-state index in [0.29, 0.717) is 0 Å². The molecule has 0 bridgehead atoms. The molecule has 1 aliphatic carbocycles. The summed E-state index contributed by atoms with van der Waals surface area (Å²) in [7, 11) is 2.08. The van der Waals surface area contributed by atoms with Gasteiger partial charge in [0.05, 0.1) is 11.2 Å². The maximum atomic E-state index is 4.56. The lowest BCUT2D eigenvalue weighted by Gasteiger charge is -2.09. The molecule has 0 unspecified atom stereocenters. The average Bonchev–Trinajstić information content (AvgIpc) is 3.19. The van der Waals surface area contributed by atoms with Crippen molar-refractivity contribution in [2.45, 2.75) is 19.7 Å². The van der Waals surface area contributed by atoms with Crippen LogP contribution in [0.5, 0.6) is 0 Å². The zero-order chi connectivity index (χ0) is 11.7. The number of fused-ring (bicyclic) bond motifs is 1. The Morgan fingerprint density at radius 3 is 3.06 bits per heavy atom.